The molecule has 1 aliphatic rings. The fraction of sp³-hybridized carbons (Fsp3) is 0.818. The molecule has 0 saturated heterocycles. The van der Waals surface area contributed by atoms with E-state index in [9.17, 15) is 0 Å². The summed E-state index contributed by atoms with van der Waals surface area (Å²) in [5, 5.41) is 3.38. The SMILES string of the molecule is C#CC(C)NCC1(CCC)CC1. The Morgan fingerprint density at radius 1 is 1.58 bits per heavy atom. The highest BCUT2D eigenvalue weighted by Gasteiger charge is 2.40. The molecule has 1 nitrogen and oxygen atoms in total. The minimum absolute atomic E-state index is 0.235. The van der Waals surface area contributed by atoms with Gasteiger partial charge in [0.15, 0.2) is 0 Å². The van der Waals surface area contributed by atoms with Crippen LogP contribution in [0.5, 0.6) is 0 Å². The van der Waals surface area contributed by atoms with Crippen LogP contribution >= 0.6 is 0 Å². The van der Waals surface area contributed by atoms with Crippen molar-refractivity contribution >= 4 is 0 Å². The molecule has 0 amide bonds. The lowest BCUT2D eigenvalue weighted by molar-refractivity contribution is 0.414. The molecule has 1 heteroatoms. The molecule has 1 N–H and O–H groups in total. The molecule has 1 aliphatic carbocycles. The largest absolute Gasteiger partial charge is 0.303 e. The minimum Gasteiger partial charge on any atom is -0.303 e. The number of rotatable bonds is 5. The summed E-state index contributed by atoms with van der Waals surface area (Å²) in [6.07, 6.45) is 10.7. The zero-order chi connectivity index (χ0) is 9.03. The van der Waals surface area contributed by atoms with Gasteiger partial charge in [-0.2, -0.15) is 0 Å². The van der Waals surface area contributed by atoms with Gasteiger partial charge in [-0.25, -0.2) is 0 Å². The third-order valence-corrected chi connectivity index (χ3v) is 2.77. The molecular formula is C11H19N. The highest BCUT2D eigenvalue weighted by molar-refractivity contribution is 5.00. The van der Waals surface area contributed by atoms with Crippen molar-refractivity contribution in [1.29, 1.82) is 0 Å². The molecular weight excluding hydrogens is 146 g/mol. The topological polar surface area (TPSA) is 12.0 Å². The van der Waals surface area contributed by atoms with E-state index in [1.54, 1.807) is 0 Å². The van der Waals surface area contributed by atoms with Gasteiger partial charge in [0.2, 0.25) is 0 Å². The van der Waals surface area contributed by atoms with Crippen LogP contribution in [0.3, 0.4) is 0 Å². The van der Waals surface area contributed by atoms with E-state index >= 15 is 0 Å². The molecule has 1 fully saturated rings. The van der Waals surface area contributed by atoms with E-state index in [1.165, 1.54) is 25.7 Å². The molecule has 0 aliphatic heterocycles. The molecule has 0 spiro atoms. The molecule has 0 radical (unpaired) electrons. The van der Waals surface area contributed by atoms with E-state index in [-0.39, 0.29) is 6.04 Å². The number of terminal acetylenes is 1. The standard InChI is InChI=1S/C11H19N/c1-4-6-11(7-8-11)9-12-10(3)5-2/h2,10,12H,4,6-9H2,1,3H3. The smallest absolute Gasteiger partial charge is 0.0658 e. The second-order valence-corrected chi connectivity index (χ2v) is 4.02. The van der Waals surface area contributed by atoms with Crippen molar-refractivity contribution in [2.45, 2.75) is 45.6 Å². The molecule has 68 valence electrons. The van der Waals surface area contributed by atoms with Crippen molar-refractivity contribution < 1.29 is 0 Å². The van der Waals surface area contributed by atoms with Crippen molar-refractivity contribution in [3.05, 3.63) is 0 Å². The van der Waals surface area contributed by atoms with Crippen LogP contribution in [0, 0.1) is 17.8 Å². The molecule has 0 bridgehead atoms. The van der Waals surface area contributed by atoms with Gasteiger partial charge < -0.3 is 5.32 Å². The predicted octanol–water partition coefficient (Wildman–Crippen LogP) is 2.18. The molecule has 1 rings (SSSR count). The maximum absolute atomic E-state index is 5.28. The van der Waals surface area contributed by atoms with E-state index in [0.717, 1.165) is 6.54 Å². The second-order valence-electron chi connectivity index (χ2n) is 4.02. The van der Waals surface area contributed by atoms with E-state index in [2.05, 4.69) is 18.2 Å². The first-order chi connectivity index (χ1) is 5.72. The summed E-state index contributed by atoms with van der Waals surface area (Å²) in [6, 6.07) is 0.235. The molecule has 1 unspecified atom stereocenters. The number of nitrogens with one attached hydrogen (secondary N) is 1. The molecule has 0 aromatic heterocycles. The van der Waals surface area contributed by atoms with Gasteiger partial charge in [-0.1, -0.05) is 19.3 Å². The monoisotopic (exact) mass is 165 g/mol. The summed E-state index contributed by atoms with van der Waals surface area (Å²) in [5.41, 5.74) is 0.625. The Hall–Kier alpha value is -0.480. The Kier molecular flexibility index (Phi) is 3.17. The first-order valence-corrected chi connectivity index (χ1v) is 4.92. The lowest BCUT2D eigenvalue weighted by Gasteiger charge is -2.16. The van der Waals surface area contributed by atoms with Gasteiger partial charge in [0.25, 0.3) is 0 Å². The van der Waals surface area contributed by atoms with E-state index in [0.29, 0.717) is 5.41 Å². The third-order valence-electron chi connectivity index (χ3n) is 2.77. The second kappa shape index (κ2) is 3.96. The van der Waals surface area contributed by atoms with Gasteiger partial charge in [0.1, 0.15) is 0 Å². The average Bonchev–Trinajstić information content (AvgIpc) is 2.82. The van der Waals surface area contributed by atoms with E-state index in [4.69, 9.17) is 6.42 Å². The summed E-state index contributed by atoms with van der Waals surface area (Å²) < 4.78 is 0. The van der Waals surface area contributed by atoms with Gasteiger partial charge in [-0.3, -0.25) is 0 Å². The summed E-state index contributed by atoms with van der Waals surface area (Å²) >= 11 is 0. The van der Waals surface area contributed by atoms with Crippen LogP contribution in [0.15, 0.2) is 0 Å². The maximum atomic E-state index is 5.28. The zero-order valence-electron chi connectivity index (χ0n) is 8.19. The van der Waals surface area contributed by atoms with Gasteiger partial charge >= 0.3 is 0 Å². The molecule has 12 heavy (non-hydrogen) atoms. The third kappa shape index (κ3) is 2.53. The van der Waals surface area contributed by atoms with Crippen LogP contribution in [0.1, 0.15) is 39.5 Å². The predicted molar refractivity (Wildman–Crippen MR) is 52.9 cm³/mol. The molecule has 1 saturated carbocycles. The molecule has 0 heterocycles. The Bertz CT molecular complexity index is 174. The van der Waals surface area contributed by atoms with Crippen LogP contribution in [0.2, 0.25) is 0 Å². The average molecular weight is 165 g/mol. The Morgan fingerprint density at radius 2 is 2.25 bits per heavy atom. The molecule has 0 aromatic rings. The Balaban J connectivity index is 2.19. The first-order valence-electron chi connectivity index (χ1n) is 4.92. The van der Waals surface area contributed by atoms with Crippen LogP contribution in [0.4, 0.5) is 0 Å². The van der Waals surface area contributed by atoms with Crippen LogP contribution < -0.4 is 5.32 Å². The number of hydrogen-bond acceptors (Lipinski definition) is 1. The van der Waals surface area contributed by atoms with Gasteiger partial charge in [-0.05, 0) is 31.6 Å². The van der Waals surface area contributed by atoms with Crippen LogP contribution in [0.25, 0.3) is 0 Å². The highest BCUT2D eigenvalue weighted by atomic mass is 14.9. The first kappa shape index (κ1) is 9.61. The summed E-state index contributed by atoms with van der Waals surface area (Å²) in [6.45, 7) is 5.42. The quantitative estimate of drug-likeness (QED) is 0.616. The Morgan fingerprint density at radius 3 is 2.67 bits per heavy atom. The summed E-state index contributed by atoms with van der Waals surface area (Å²) in [5.74, 6) is 2.70. The fourth-order valence-electron chi connectivity index (χ4n) is 1.65. The van der Waals surface area contributed by atoms with Gasteiger partial charge in [0, 0.05) is 6.54 Å². The van der Waals surface area contributed by atoms with Gasteiger partial charge in [-0.15, -0.1) is 6.42 Å². The Labute approximate surface area is 75.9 Å². The van der Waals surface area contributed by atoms with E-state index < -0.39 is 0 Å². The summed E-state index contributed by atoms with van der Waals surface area (Å²) in [4.78, 5) is 0. The van der Waals surface area contributed by atoms with Crippen molar-refractivity contribution in [2.24, 2.45) is 5.41 Å². The lowest BCUT2D eigenvalue weighted by Crippen LogP contribution is -2.30. The van der Waals surface area contributed by atoms with Crippen molar-refractivity contribution in [3.8, 4) is 12.3 Å². The molecule has 0 aromatic carbocycles. The van der Waals surface area contributed by atoms with Gasteiger partial charge in [0.05, 0.1) is 6.04 Å². The maximum Gasteiger partial charge on any atom is 0.0658 e. The minimum atomic E-state index is 0.235. The highest BCUT2D eigenvalue weighted by Crippen LogP contribution is 2.48. The zero-order valence-corrected chi connectivity index (χ0v) is 8.19. The van der Waals surface area contributed by atoms with Crippen molar-refractivity contribution in [1.82, 2.24) is 5.32 Å². The van der Waals surface area contributed by atoms with Crippen LogP contribution in [-0.2, 0) is 0 Å². The summed E-state index contributed by atoms with van der Waals surface area (Å²) in [7, 11) is 0. The fourth-order valence-corrected chi connectivity index (χ4v) is 1.65. The normalized spacial score (nSPS) is 21.4. The van der Waals surface area contributed by atoms with Crippen molar-refractivity contribution in [2.75, 3.05) is 6.54 Å². The van der Waals surface area contributed by atoms with Crippen LogP contribution in [-0.4, -0.2) is 12.6 Å². The van der Waals surface area contributed by atoms with Crippen molar-refractivity contribution in [3.63, 3.8) is 0 Å². The van der Waals surface area contributed by atoms with E-state index in [1.807, 2.05) is 6.92 Å². The lowest BCUT2D eigenvalue weighted by atomic mass is 10.0. The number of hydrogen-bond donors (Lipinski definition) is 1. The molecule has 1 atom stereocenters.